The molecule has 0 aliphatic carbocycles. The van der Waals surface area contributed by atoms with Crippen LogP contribution in [0.5, 0.6) is 0 Å². The molecule has 1 aromatic carbocycles. The van der Waals surface area contributed by atoms with Gasteiger partial charge in [0.05, 0.1) is 12.6 Å². The van der Waals surface area contributed by atoms with E-state index >= 15 is 0 Å². The number of aryl methyl sites for hydroxylation is 1. The van der Waals surface area contributed by atoms with Crippen molar-refractivity contribution in [2.75, 3.05) is 13.1 Å². The van der Waals surface area contributed by atoms with Gasteiger partial charge in [0.25, 0.3) is 5.92 Å². The first-order valence-corrected chi connectivity index (χ1v) is 16.1. The van der Waals surface area contributed by atoms with Gasteiger partial charge in [0.1, 0.15) is 23.3 Å². The van der Waals surface area contributed by atoms with Gasteiger partial charge in [-0.05, 0) is 71.8 Å². The number of hydrogen-bond acceptors (Lipinski definition) is 6. The van der Waals surface area contributed by atoms with Crippen LogP contribution in [0.15, 0.2) is 30.3 Å². The van der Waals surface area contributed by atoms with Crippen molar-refractivity contribution in [3.8, 4) is 0 Å². The number of carbonyl (C=O) groups is 2. The molecule has 2 aromatic rings. The van der Waals surface area contributed by atoms with Crippen molar-refractivity contribution < 1.29 is 23.1 Å². The molecule has 1 aromatic heterocycles. The Morgan fingerprint density at radius 2 is 1.70 bits per heavy atom. The normalized spacial score (nSPS) is 26.1. The zero-order chi connectivity index (χ0) is 31.8. The van der Waals surface area contributed by atoms with Crippen LogP contribution in [0.3, 0.4) is 0 Å². The largest absolute Gasteiger partial charge is 0.444 e. The summed E-state index contributed by atoms with van der Waals surface area (Å²) in [6.07, 6.45) is 3.56. The lowest BCUT2D eigenvalue weighted by molar-refractivity contribution is -0.136. The standard InChI is InChI=1S/C33H48F2N6O3/c1-21(2)29-38-37-22(3)41(29)26-18-24-12-13-25(19-26)39(24)17-15-27(23-10-8-7-9-11-23)36-30(42)28-14-16-33(34,35)20-40(28)31(43)44-32(4,5)6/h7-11,21,24-28H,12-20H2,1-6H3,(H,36,42). The number of halogens is 2. The van der Waals surface area contributed by atoms with Crippen LogP contribution >= 0.6 is 0 Å². The summed E-state index contributed by atoms with van der Waals surface area (Å²) in [5, 5.41) is 12.0. The Morgan fingerprint density at radius 3 is 2.32 bits per heavy atom. The van der Waals surface area contributed by atoms with Gasteiger partial charge in [0, 0.05) is 37.0 Å². The first-order chi connectivity index (χ1) is 20.7. The average molecular weight is 615 g/mol. The fraction of sp³-hybridized carbons (Fsp3) is 0.697. The number of rotatable bonds is 8. The second kappa shape index (κ2) is 12.7. The lowest BCUT2D eigenvalue weighted by Gasteiger charge is -2.41. The molecule has 11 heteroatoms. The molecule has 2 bridgehead atoms. The van der Waals surface area contributed by atoms with Crippen molar-refractivity contribution in [1.29, 1.82) is 0 Å². The van der Waals surface area contributed by atoms with Gasteiger partial charge in [-0.25, -0.2) is 13.6 Å². The smallest absolute Gasteiger partial charge is 0.411 e. The van der Waals surface area contributed by atoms with Crippen molar-refractivity contribution in [2.45, 2.75) is 134 Å². The number of likely N-dealkylation sites (tertiary alicyclic amines) is 1. The van der Waals surface area contributed by atoms with Crippen molar-refractivity contribution in [3.63, 3.8) is 0 Å². The number of piperidine rings is 2. The molecule has 3 aliphatic rings. The van der Waals surface area contributed by atoms with Crippen molar-refractivity contribution in [3.05, 3.63) is 47.5 Å². The molecule has 3 aliphatic heterocycles. The maximum absolute atomic E-state index is 14.4. The van der Waals surface area contributed by atoms with Crippen molar-refractivity contribution >= 4 is 12.0 Å². The van der Waals surface area contributed by atoms with E-state index in [1.807, 2.05) is 37.3 Å². The quantitative estimate of drug-likeness (QED) is 0.383. The molecule has 3 fully saturated rings. The maximum Gasteiger partial charge on any atom is 0.411 e. The van der Waals surface area contributed by atoms with Crippen LogP contribution in [0, 0.1) is 6.92 Å². The van der Waals surface area contributed by atoms with Crippen LogP contribution in [0.4, 0.5) is 13.6 Å². The van der Waals surface area contributed by atoms with Crippen LogP contribution in [0.1, 0.15) is 115 Å². The summed E-state index contributed by atoms with van der Waals surface area (Å²) in [6, 6.07) is 9.68. The summed E-state index contributed by atoms with van der Waals surface area (Å²) >= 11 is 0. The number of carbonyl (C=O) groups excluding carboxylic acids is 2. The Labute approximate surface area is 259 Å². The fourth-order valence-electron chi connectivity index (χ4n) is 7.33. The number of hydrogen-bond donors (Lipinski definition) is 1. The molecule has 4 unspecified atom stereocenters. The van der Waals surface area contributed by atoms with Gasteiger partial charge < -0.3 is 14.6 Å². The van der Waals surface area contributed by atoms with Gasteiger partial charge in [-0.3, -0.25) is 14.6 Å². The van der Waals surface area contributed by atoms with E-state index in [0.29, 0.717) is 30.5 Å². The molecule has 0 saturated carbocycles. The molecule has 3 saturated heterocycles. The number of nitrogens with one attached hydrogen (secondary N) is 1. The minimum absolute atomic E-state index is 0.127. The Hall–Kier alpha value is -3.08. The van der Waals surface area contributed by atoms with Gasteiger partial charge in [0.15, 0.2) is 0 Å². The number of aromatic nitrogens is 3. The molecule has 0 radical (unpaired) electrons. The summed E-state index contributed by atoms with van der Waals surface area (Å²) in [4.78, 5) is 30.2. The summed E-state index contributed by atoms with van der Waals surface area (Å²) in [6.45, 7) is 11.4. The van der Waals surface area contributed by atoms with E-state index in [9.17, 15) is 18.4 Å². The zero-order valence-electron chi connectivity index (χ0n) is 26.9. The van der Waals surface area contributed by atoms with Crippen LogP contribution in [0.25, 0.3) is 0 Å². The molecule has 242 valence electrons. The van der Waals surface area contributed by atoms with Gasteiger partial charge in [-0.15, -0.1) is 10.2 Å². The highest BCUT2D eigenvalue weighted by Crippen LogP contribution is 2.42. The highest BCUT2D eigenvalue weighted by atomic mass is 19.3. The number of amides is 2. The number of fused-ring (bicyclic) bond motifs is 2. The second-order valence-electron chi connectivity index (χ2n) is 14.2. The van der Waals surface area contributed by atoms with Crippen LogP contribution < -0.4 is 5.32 Å². The van der Waals surface area contributed by atoms with Crippen molar-refractivity contribution in [1.82, 2.24) is 29.9 Å². The molecule has 4 heterocycles. The van der Waals surface area contributed by atoms with E-state index in [4.69, 9.17) is 4.74 Å². The minimum Gasteiger partial charge on any atom is -0.444 e. The number of nitrogens with zero attached hydrogens (tertiary/aromatic N) is 5. The van der Waals surface area contributed by atoms with Gasteiger partial charge >= 0.3 is 6.09 Å². The Kier molecular flexibility index (Phi) is 9.35. The third-order valence-corrected chi connectivity index (χ3v) is 9.32. The van der Waals surface area contributed by atoms with E-state index in [0.717, 1.165) is 54.3 Å². The lowest BCUT2D eigenvalue weighted by atomic mass is 9.94. The van der Waals surface area contributed by atoms with E-state index in [1.54, 1.807) is 20.8 Å². The van der Waals surface area contributed by atoms with Gasteiger partial charge in [-0.1, -0.05) is 44.2 Å². The zero-order valence-corrected chi connectivity index (χ0v) is 26.9. The Balaban J connectivity index is 1.29. The maximum atomic E-state index is 14.4. The topological polar surface area (TPSA) is 92.6 Å². The number of alkyl halides is 2. The third kappa shape index (κ3) is 7.24. The molecule has 4 atom stereocenters. The van der Waals surface area contributed by atoms with Gasteiger partial charge in [0.2, 0.25) is 5.91 Å². The summed E-state index contributed by atoms with van der Waals surface area (Å²) in [5.41, 5.74) is 0.0860. The van der Waals surface area contributed by atoms with Crippen molar-refractivity contribution in [2.24, 2.45) is 0 Å². The minimum atomic E-state index is -3.07. The van der Waals surface area contributed by atoms with Crippen LogP contribution in [-0.2, 0) is 9.53 Å². The molecule has 5 rings (SSSR count). The molecule has 2 amide bonds. The lowest BCUT2D eigenvalue weighted by Crippen LogP contribution is -2.58. The van der Waals surface area contributed by atoms with Crippen LogP contribution in [-0.4, -0.2) is 79.3 Å². The molecule has 44 heavy (non-hydrogen) atoms. The second-order valence-corrected chi connectivity index (χ2v) is 14.2. The third-order valence-electron chi connectivity index (χ3n) is 9.32. The van der Waals surface area contributed by atoms with Crippen LogP contribution in [0.2, 0.25) is 0 Å². The molecule has 0 spiro atoms. The Morgan fingerprint density at radius 1 is 1.05 bits per heavy atom. The molecular weight excluding hydrogens is 566 g/mol. The number of ether oxygens (including phenoxy) is 1. The summed E-state index contributed by atoms with van der Waals surface area (Å²) in [7, 11) is 0. The predicted molar refractivity (Wildman–Crippen MR) is 163 cm³/mol. The molecule has 1 N–H and O–H groups in total. The van der Waals surface area contributed by atoms with E-state index < -0.39 is 42.5 Å². The van der Waals surface area contributed by atoms with E-state index in [2.05, 4.69) is 38.8 Å². The van der Waals surface area contributed by atoms with Gasteiger partial charge in [-0.2, -0.15) is 0 Å². The summed E-state index contributed by atoms with van der Waals surface area (Å²) in [5.74, 6) is -1.17. The SMILES string of the molecule is Cc1nnc(C(C)C)n1C1CC2CCC(C1)N2CCC(NC(=O)C1CCC(F)(F)CN1C(=O)OC(C)(C)C)c1ccccc1. The van der Waals surface area contributed by atoms with E-state index in [-0.39, 0.29) is 12.5 Å². The monoisotopic (exact) mass is 614 g/mol. The van der Waals surface area contributed by atoms with E-state index in [1.165, 1.54) is 0 Å². The predicted octanol–water partition coefficient (Wildman–Crippen LogP) is 6.16. The number of benzene rings is 1. The molecular formula is C33H48F2N6O3. The highest BCUT2D eigenvalue weighted by Gasteiger charge is 2.47. The fourth-order valence-corrected chi connectivity index (χ4v) is 7.33. The first kappa shape index (κ1) is 32.3. The summed E-state index contributed by atoms with van der Waals surface area (Å²) < 4.78 is 36.6. The average Bonchev–Trinajstić information content (AvgIpc) is 3.45. The Bertz CT molecular complexity index is 1300. The highest BCUT2D eigenvalue weighted by molar-refractivity contribution is 5.86. The molecule has 9 nitrogen and oxygen atoms in total. The first-order valence-electron chi connectivity index (χ1n) is 16.1.